The molecule has 1 aliphatic heterocycles. The summed E-state index contributed by atoms with van der Waals surface area (Å²) in [5.74, 6) is -5.29. The Balaban J connectivity index is 1.74. The maximum Gasteiger partial charge on any atom is 0.394 e. The highest BCUT2D eigenvalue weighted by Crippen LogP contribution is 2.40. The molecule has 1 aromatic heterocycles. The lowest BCUT2D eigenvalue weighted by Gasteiger charge is -2.17. The van der Waals surface area contributed by atoms with Crippen LogP contribution in [0.5, 0.6) is 0 Å². The lowest BCUT2D eigenvalue weighted by atomic mass is 9.96. The summed E-state index contributed by atoms with van der Waals surface area (Å²) in [6.45, 7) is -0.712. The van der Waals surface area contributed by atoms with E-state index in [0.29, 0.717) is 11.4 Å². The van der Waals surface area contributed by atoms with E-state index in [-0.39, 0.29) is 17.5 Å². The predicted molar refractivity (Wildman–Crippen MR) is 82.0 cm³/mol. The minimum absolute atomic E-state index is 0.259. The number of carbonyl (C=O) groups is 1. The highest BCUT2D eigenvalue weighted by atomic mass is 32.1. The first-order chi connectivity index (χ1) is 11.7. The highest BCUT2D eigenvalue weighted by molar-refractivity contribution is 7.15. The van der Waals surface area contributed by atoms with Crippen molar-refractivity contribution >= 4 is 22.4 Å². The number of hydrogen-bond donors (Lipinski definition) is 1. The molecule has 1 N–H and O–H groups in total. The largest absolute Gasteiger partial charge is 0.481 e. The van der Waals surface area contributed by atoms with Crippen LogP contribution in [0.4, 0.5) is 22.7 Å². The van der Waals surface area contributed by atoms with Crippen molar-refractivity contribution in [1.82, 2.24) is 10.2 Å². The van der Waals surface area contributed by atoms with Crippen molar-refractivity contribution in [3.05, 3.63) is 40.7 Å². The minimum atomic E-state index is -4.58. The van der Waals surface area contributed by atoms with Gasteiger partial charge in [0.2, 0.25) is 5.13 Å². The topological polar surface area (TPSA) is 66.3 Å². The van der Waals surface area contributed by atoms with Gasteiger partial charge < -0.3 is 10.0 Å². The lowest BCUT2D eigenvalue weighted by Crippen LogP contribution is -2.33. The summed E-state index contributed by atoms with van der Waals surface area (Å²) in [7, 11) is 0. The van der Waals surface area contributed by atoms with E-state index in [2.05, 4.69) is 10.2 Å². The second-order valence-corrected chi connectivity index (χ2v) is 6.82. The Morgan fingerprint density at radius 1 is 1.24 bits per heavy atom. The molecule has 0 bridgehead atoms. The van der Waals surface area contributed by atoms with Crippen molar-refractivity contribution in [2.75, 3.05) is 18.0 Å². The SMILES string of the molecule is O=C(O)[C@@H]1CN(c2nnc(Cc3ccc(F)cc3)s2)C[C@H]1C(F)(F)F. The summed E-state index contributed by atoms with van der Waals surface area (Å²) < 4.78 is 52.0. The van der Waals surface area contributed by atoms with Crippen LogP contribution >= 0.6 is 11.3 Å². The van der Waals surface area contributed by atoms with Gasteiger partial charge >= 0.3 is 12.1 Å². The second kappa shape index (κ2) is 6.58. The van der Waals surface area contributed by atoms with Gasteiger partial charge in [0, 0.05) is 19.5 Å². The number of aliphatic carboxylic acids is 1. The van der Waals surface area contributed by atoms with Gasteiger partial charge in [-0.25, -0.2) is 4.39 Å². The molecule has 2 heterocycles. The Labute approximate surface area is 143 Å². The second-order valence-electron chi connectivity index (χ2n) is 5.78. The van der Waals surface area contributed by atoms with Crippen molar-refractivity contribution in [1.29, 1.82) is 0 Å². The molecule has 1 aliphatic rings. The Morgan fingerprint density at radius 2 is 1.92 bits per heavy atom. The van der Waals surface area contributed by atoms with Gasteiger partial charge in [-0.15, -0.1) is 10.2 Å². The van der Waals surface area contributed by atoms with Gasteiger partial charge in [0.25, 0.3) is 0 Å². The number of rotatable bonds is 4. The maximum absolute atomic E-state index is 13.0. The third-order valence-corrected chi connectivity index (χ3v) is 5.04. The fourth-order valence-electron chi connectivity index (χ4n) is 2.76. The van der Waals surface area contributed by atoms with E-state index < -0.39 is 30.5 Å². The summed E-state index contributed by atoms with van der Waals surface area (Å²) in [5.41, 5.74) is 0.794. The summed E-state index contributed by atoms with van der Waals surface area (Å²) in [4.78, 5) is 12.4. The van der Waals surface area contributed by atoms with E-state index >= 15 is 0 Å². The maximum atomic E-state index is 13.0. The zero-order valence-corrected chi connectivity index (χ0v) is 13.5. The number of aromatic nitrogens is 2. The van der Waals surface area contributed by atoms with Crippen LogP contribution in [0.3, 0.4) is 0 Å². The average Bonchev–Trinajstić information content (AvgIpc) is 3.15. The van der Waals surface area contributed by atoms with Crippen molar-refractivity contribution in [3.63, 3.8) is 0 Å². The number of halogens is 4. The number of hydrogen-bond acceptors (Lipinski definition) is 5. The number of alkyl halides is 3. The minimum Gasteiger partial charge on any atom is -0.481 e. The van der Waals surface area contributed by atoms with Crippen LogP contribution in [-0.4, -0.2) is 40.5 Å². The highest BCUT2D eigenvalue weighted by Gasteiger charge is 2.53. The number of nitrogens with zero attached hydrogens (tertiary/aromatic N) is 3. The zero-order chi connectivity index (χ0) is 18.2. The molecule has 0 saturated carbocycles. The van der Waals surface area contributed by atoms with E-state index in [9.17, 15) is 22.4 Å². The summed E-state index contributed by atoms with van der Waals surface area (Å²) >= 11 is 1.11. The van der Waals surface area contributed by atoms with Crippen molar-refractivity contribution in [2.45, 2.75) is 12.6 Å². The van der Waals surface area contributed by atoms with Crippen LogP contribution in [-0.2, 0) is 11.2 Å². The third-order valence-electron chi connectivity index (χ3n) is 4.05. The quantitative estimate of drug-likeness (QED) is 0.833. The van der Waals surface area contributed by atoms with Gasteiger partial charge in [0.1, 0.15) is 10.8 Å². The smallest absolute Gasteiger partial charge is 0.394 e. The fraction of sp³-hybridized carbons (Fsp3) is 0.400. The van der Waals surface area contributed by atoms with Crippen LogP contribution in [0.15, 0.2) is 24.3 Å². The standard InChI is InChI=1S/C15H13F4N3O2S/c16-9-3-1-8(2-4-9)5-12-20-21-14(25-12)22-6-10(13(23)24)11(7-22)15(17,18)19/h1-4,10-11H,5-7H2,(H,23,24)/t10-,11-/m1/s1. The van der Waals surface area contributed by atoms with Gasteiger partial charge in [-0.2, -0.15) is 13.2 Å². The zero-order valence-electron chi connectivity index (χ0n) is 12.7. The van der Waals surface area contributed by atoms with Crippen LogP contribution in [0.2, 0.25) is 0 Å². The van der Waals surface area contributed by atoms with Crippen molar-refractivity contribution < 1.29 is 27.5 Å². The average molecular weight is 375 g/mol. The fourth-order valence-corrected chi connectivity index (χ4v) is 3.65. The first-order valence-electron chi connectivity index (χ1n) is 7.35. The monoisotopic (exact) mass is 375 g/mol. The molecule has 5 nitrogen and oxygen atoms in total. The van der Waals surface area contributed by atoms with Crippen LogP contribution in [0, 0.1) is 17.7 Å². The molecule has 25 heavy (non-hydrogen) atoms. The molecule has 0 spiro atoms. The Hall–Kier alpha value is -2.23. The summed E-state index contributed by atoms with van der Waals surface area (Å²) in [6.07, 6.45) is -4.21. The van der Waals surface area contributed by atoms with Crippen molar-refractivity contribution in [2.24, 2.45) is 11.8 Å². The molecule has 10 heteroatoms. The molecule has 1 aromatic carbocycles. The van der Waals surface area contributed by atoms with E-state index in [1.165, 1.54) is 17.0 Å². The van der Waals surface area contributed by atoms with Gasteiger partial charge in [-0.1, -0.05) is 23.5 Å². The molecular formula is C15H13F4N3O2S. The molecule has 0 aliphatic carbocycles. The molecule has 0 radical (unpaired) electrons. The predicted octanol–water partition coefficient (Wildman–Crippen LogP) is 2.97. The summed E-state index contributed by atoms with van der Waals surface area (Å²) in [6, 6.07) is 5.80. The lowest BCUT2D eigenvalue weighted by molar-refractivity contribution is -0.187. The van der Waals surface area contributed by atoms with Crippen LogP contribution in [0.1, 0.15) is 10.6 Å². The van der Waals surface area contributed by atoms with Gasteiger partial charge in [0.15, 0.2) is 0 Å². The van der Waals surface area contributed by atoms with Gasteiger partial charge in [-0.05, 0) is 17.7 Å². The normalized spacial score (nSPS) is 20.9. The number of carboxylic acid groups (broad SMARTS) is 1. The van der Waals surface area contributed by atoms with E-state index in [0.717, 1.165) is 16.9 Å². The van der Waals surface area contributed by atoms with Gasteiger partial charge in [0.05, 0.1) is 11.8 Å². The molecule has 0 unspecified atom stereocenters. The Kier molecular flexibility index (Phi) is 4.63. The molecule has 2 atom stereocenters. The van der Waals surface area contributed by atoms with E-state index in [1.807, 2.05) is 0 Å². The molecule has 1 saturated heterocycles. The Bertz CT molecular complexity index is 763. The van der Waals surface area contributed by atoms with Crippen LogP contribution in [0.25, 0.3) is 0 Å². The first kappa shape index (κ1) is 17.6. The Morgan fingerprint density at radius 3 is 2.48 bits per heavy atom. The number of anilines is 1. The third kappa shape index (κ3) is 3.89. The molecule has 0 amide bonds. The van der Waals surface area contributed by atoms with Gasteiger partial charge in [-0.3, -0.25) is 4.79 Å². The molecule has 1 fully saturated rings. The van der Waals surface area contributed by atoms with E-state index in [1.54, 1.807) is 12.1 Å². The molecule has 3 rings (SSSR count). The summed E-state index contributed by atoms with van der Waals surface area (Å²) in [5, 5.41) is 17.7. The van der Waals surface area contributed by atoms with Crippen LogP contribution < -0.4 is 4.90 Å². The van der Waals surface area contributed by atoms with E-state index in [4.69, 9.17) is 5.11 Å². The molecule has 2 aromatic rings. The molecule has 134 valence electrons. The first-order valence-corrected chi connectivity index (χ1v) is 8.17. The molecular weight excluding hydrogens is 362 g/mol. The van der Waals surface area contributed by atoms with Crippen molar-refractivity contribution in [3.8, 4) is 0 Å². The number of carboxylic acids is 1. The number of benzene rings is 1.